The Morgan fingerprint density at radius 3 is 2.75 bits per heavy atom. The van der Waals surface area contributed by atoms with E-state index in [4.69, 9.17) is 15.5 Å². The van der Waals surface area contributed by atoms with Gasteiger partial charge in [-0.15, -0.1) is 0 Å². The molecule has 40 heavy (non-hydrogen) atoms. The third kappa shape index (κ3) is 5.54. The molecular weight excluding hydrogens is 502 g/mol. The van der Waals surface area contributed by atoms with E-state index in [1.165, 1.54) is 0 Å². The molecule has 1 fully saturated rings. The van der Waals surface area contributed by atoms with Crippen molar-refractivity contribution < 1.29 is 9.53 Å². The molecule has 204 valence electrons. The van der Waals surface area contributed by atoms with Crippen molar-refractivity contribution >= 4 is 17.2 Å². The molecule has 0 bridgehead atoms. The number of nitrogens with two attached hydrogens (primary N) is 1. The van der Waals surface area contributed by atoms with Crippen LogP contribution in [0.5, 0.6) is 5.75 Å². The van der Waals surface area contributed by atoms with Gasteiger partial charge in [0.15, 0.2) is 0 Å². The summed E-state index contributed by atoms with van der Waals surface area (Å²) in [5.74, 6) is 2.56. The lowest BCUT2D eigenvalue weighted by Gasteiger charge is -2.27. The zero-order valence-electron chi connectivity index (χ0n) is 22.3. The highest BCUT2D eigenvalue weighted by Gasteiger charge is 2.30. The molecule has 3 aromatic heterocycles. The van der Waals surface area contributed by atoms with Gasteiger partial charge in [-0.1, -0.05) is 42.5 Å². The number of nitrogens with one attached hydrogen (secondary N) is 2. The van der Waals surface area contributed by atoms with E-state index >= 15 is 0 Å². The maximum atomic E-state index is 12.8. The molecule has 5 aromatic rings. The number of H-pyrrole nitrogens is 1. The number of aromatic amines is 1. The molecule has 6 rings (SSSR count). The van der Waals surface area contributed by atoms with Gasteiger partial charge in [0.2, 0.25) is 5.91 Å². The number of anilines is 1. The van der Waals surface area contributed by atoms with Crippen LogP contribution in [0.2, 0.25) is 0 Å². The number of nitrogen functional groups attached to an aromatic ring is 1. The summed E-state index contributed by atoms with van der Waals surface area (Å²) in [5, 5.41) is 3.09. The van der Waals surface area contributed by atoms with Crippen molar-refractivity contribution in [3.8, 4) is 17.0 Å². The topological polar surface area (TPSA) is 123 Å². The number of benzene rings is 2. The number of hydrogen-bond donors (Lipinski definition) is 3. The van der Waals surface area contributed by atoms with Crippen LogP contribution in [0, 0.1) is 5.92 Å². The molecule has 0 saturated heterocycles. The standard InChI is InChI=1S/C31H33N7O2/c32-29-28-27(24-7-4-8-26(17-24)40-19-21-5-2-1-3-6-21)37-30(38(28)16-15-34-29)22-9-11-23(12-10-22)31(39)35-14-13-25-18-33-20-36-25/h1-8,15-18,20,22-23H,9-14,19H2,(H2,32,34)(H,33,36)(H,35,39). The Balaban J connectivity index is 1.17. The van der Waals surface area contributed by atoms with Gasteiger partial charge in [0.25, 0.3) is 0 Å². The van der Waals surface area contributed by atoms with E-state index in [9.17, 15) is 4.79 Å². The molecule has 3 heterocycles. The van der Waals surface area contributed by atoms with E-state index in [0.29, 0.717) is 19.0 Å². The van der Waals surface area contributed by atoms with Crippen LogP contribution in [0.25, 0.3) is 16.8 Å². The van der Waals surface area contributed by atoms with Crippen molar-refractivity contribution in [1.82, 2.24) is 29.7 Å². The number of rotatable bonds is 9. The summed E-state index contributed by atoms with van der Waals surface area (Å²) >= 11 is 0. The van der Waals surface area contributed by atoms with Crippen molar-refractivity contribution in [2.75, 3.05) is 12.3 Å². The molecule has 0 spiro atoms. The summed E-state index contributed by atoms with van der Waals surface area (Å²) < 4.78 is 8.15. The Hall–Kier alpha value is -4.66. The minimum Gasteiger partial charge on any atom is -0.489 e. The third-order valence-corrected chi connectivity index (χ3v) is 7.68. The fraction of sp³-hybridized carbons (Fsp3) is 0.290. The average molecular weight is 536 g/mol. The summed E-state index contributed by atoms with van der Waals surface area (Å²) in [5.41, 5.74) is 11.0. The molecule has 1 aliphatic rings. The van der Waals surface area contributed by atoms with Gasteiger partial charge in [-0.05, 0) is 43.4 Å². The van der Waals surface area contributed by atoms with Crippen molar-refractivity contribution in [1.29, 1.82) is 0 Å². The maximum Gasteiger partial charge on any atom is 0.223 e. The molecule has 1 saturated carbocycles. The number of amides is 1. The number of hydrogen-bond acceptors (Lipinski definition) is 6. The zero-order chi connectivity index (χ0) is 27.3. The third-order valence-electron chi connectivity index (χ3n) is 7.68. The monoisotopic (exact) mass is 535 g/mol. The lowest BCUT2D eigenvalue weighted by Crippen LogP contribution is -2.34. The second-order valence-electron chi connectivity index (χ2n) is 10.3. The smallest absolute Gasteiger partial charge is 0.223 e. The van der Waals surface area contributed by atoms with Crippen molar-refractivity contribution in [2.24, 2.45) is 5.92 Å². The molecule has 2 aromatic carbocycles. The molecule has 1 aliphatic carbocycles. The first-order chi connectivity index (χ1) is 19.7. The van der Waals surface area contributed by atoms with E-state index in [2.05, 4.69) is 24.7 Å². The number of ether oxygens (including phenoxy) is 1. The fourth-order valence-electron chi connectivity index (χ4n) is 5.55. The zero-order valence-corrected chi connectivity index (χ0v) is 22.3. The SMILES string of the molecule is Nc1nccn2c(C3CCC(C(=O)NCCc4cnc[nH]4)CC3)nc(-c3cccc(OCc4ccccc4)c3)c12. The largest absolute Gasteiger partial charge is 0.489 e. The van der Waals surface area contributed by atoms with Gasteiger partial charge in [-0.3, -0.25) is 9.20 Å². The van der Waals surface area contributed by atoms with Crippen LogP contribution in [-0.2, 0) is 17.8 Å². The molecule has 0 radical (unpaired) electrons. The summed E-state index contributed by atoms with van der Waals surface area (Å²) in [4.78, 5) is 29.4. The van der Waals surface area contributed by atoms with Crippen LogP contribution >= 0.6 is 0 Å². The number of carbonyl (C=O) groups excluding carboxylic acids is 1. The molecular formula is C31H33N7O2. The fourth-order valence-corrected chi connectivity index (χ4v) is 5.55. The lowest BCUT2D eigenvalue weighted by molar-refractivity contribution is -0.126. The van der Waals surface area contributed by atoms with Crippen LogP contribution in [0.15, 0.2) is 79.5 Å². The van der Waals surface area contributed by atoms with E-state index in [1.807, 2.05) is 60.8 Å². The summed E-state index contributed by atoms with van der Waals surface area (Å²) in [6, 6.07) is 18.1. The number of aromatic nitrogens is 5. The van der Waals surface area contributed by atoms with Crippen molar-refractivity contribution in [2.45, 2.75) is 44.6 Å². The predicted molar refractivity (Wildman–Crippen MR) is 154 cm³/mol. The van der Waals surface area contributed by atoms with Gasteiger partial charge in [0.1, 0.15) is 35.2 Å². The van der Waals surface area contributed by atoms with Gasteiger partial charge in [0.05, 0.1) is 6.33 Å². The Bertz CT molecular complexity index is 1570. The summed E-state index contributed by atoms with van der Waals surface area (Å²) in [7, 11) is 0. The van der Waals surface area contributed by atoms with Gasteiger partial charge >= 0.3 is 0 Å². The average Bonchev–Trinajstić information content (AvgIpc) is 3.66. The quantitative estimate of drug-likeness (QED) is 0.246. The van der Waals surface area contributed by atoms with E-state index in [0.717, 1.165) is 71.7 Å². The lowest BCUT2D eigenvalue weighted by atomic mass is 9.81. The van der Waals surface area contributed by atoms with Crippen molar-refractivity contribution in [3.63, 3.8) is 0 Å². The predicted octanol–water partition coefficient (Wildman–Crippen LogP) is 4.91. The second-order valence-corrected chi connectivity index (χ2v) is 10.3. The van der Waals surface area contributed by atoms with Gasteiger partial charge in [-0.25, -0.2) is 15.0 Å². The molecule has 0 atom stereocenters. The van der Waals surface area contributed by atoms with Crippen LogP contribution in [0.3, 0.4) is 0 Å². The first-order valence-electron chi connectivity index (χ1n) is 13.8. The first-order valence-corrected chi connectivity index (χ1v) is 13.8. The number of imidazole rings is 2. The van der Waals surface area contributed by atoms with Crippen LogP contribution in [0.4, 0.5) is 5.82 Å². The summed E-state index contributed by atoms with van der Waals surface area (Å²) in [6.07, 6.45) is 11.3. The Labute approximate surface area is 232 Å². The van der Waals surface area contributed by atoms with Crippen molar-refractivity contribution in [3.05, 3.63) is 96.6 Å². The molecule has 0 aliphatic heterocycles. The van der Waals surface area contributed by atoms with E-state index < -0.39 is 0 Å². The number of carbonyl (C=O) groups is 1. The Kier molecular flexibility index (Phi) is 7.43. The molecule has 1 amide bonds. The van der Waals surface area contributed by atoms with Gasteiger partial charge in [-0.2, -0.15) is 0 Å². The minimum absolute atomic E-state index is 0.0221. The second kappa shape index (κ2) is 11.6. The van der Waals surface area contributed by atoms with Gasteiger partial charge in [0, 0.05) is 54.6 Å². The summed E-state index contributed by atoms with van der Waals surface area (Å²) in [6.45, 7) is 1.10. The highest BCUT2D eigenvalue weighted by Crippen LogP contribution is 2.39. The first kappa shape index (κ1) is 25.6. The highest BCUT2D eigenvalue weighted by atomic mass is 16.5. The van der Waals surface area contributed by atoms with Gasteiger partial charge < -0.3 is 20.8 Å². The van der Waals surface area contributed by atoms with Crippen LogP contribution in [0.1, 0.15) is 48.7 Å². The van der Waals surface area contributed by atoms with Crippen LogP contribution < -0.4 is 15.8 Å². The maximum absolute atomic E-state index is 12.8. The van der Waals surface area contributed by atoms with E-state index in [-0.39, 0.29) is 17.7 Å². The van der Waals surface area contributed by atoms with Crippen LogP contribution in [-0.4, -0.2) is 36.8 Å². The molecule has 4 N–H and O–H groups in total. The molecule has 9 heteroatoms. The molecule has 9 nitrogen and oxygen atoms in total. The highest BCUT2D eigenvalue weighted by molar-refractivity contribution is 5.85. The number of fused-ring (bicyclic) bond motifs is 1. The minimum atomic E-state index is 0.0221. The normalized spacial score (nSPS) is 17.1. The Morgan fingerprint density at radius 1 is 1.10 bits per heavy atom. The number of nitrogens with zero attached hydrogens (tertiary/aromatic N) is 4. The molecule has 0 unspecified atom stereocenters. The van der Waals surface area contributed by atoms with E-state index in [1.54, 1.807) is 18.7 Å². The Morgan fingerprint density at radius 2 is 1.95 bits per heavy atom.